The predicted molar refractivity (Wildman–Crippen MR) is 55.6 cm³/mol. The van der Waals surface area contributed by atoms with Crippen LogP contribution in [-0.4, -0.2) is 21.9 Å². The molecule has 1 atom stereocenters. The maximum Gasteiger partial charge on any atom is 0.280 e. The second kappa shape index (κ2) is 5.29. The zero-order valence-electron chi connectivity index (χ0n) is 8.75. The summed E-state index contributed by atoms with van der Waals surface area (Å²) in [5.41, 5.74) is 0.465. The summed E-state index contributed by atoms with van der Waals surface area (Å²) in [5.74, 6) is -1.52. The van der Waals surface area contributed by atoms with Crippen molar-refractivity contribution in [3.05, 3.63) is 24.0 Å². The Hall–Kier alpha value is -1.65. The molecule has 1 aromatic heterocycles. The van der Waals surface area contributed by atoms with Crippen molar-refractivity contribution in [2.75, 3.05) is 0 Å². The molecule has 1 aromatic rings. The number of carbonyl (C=O) groups is 1. The normalized spacial score (nSPS) is 13.7. The zero-order chi connectivity index (χ0) is 11.3. The van der Waals surface area contributed by atoms with Crippen molar-refractivity contribution < 1.29 is 9.18 Å². The van der Waals surface area contributed by atoms with Gasteiger partial charge in [0, 0.05) is 12.1 Å². The summed E-state index contributed by atoms with van der Waals surface area (Å²) in [6, 6.07) is -0.0292. The van der Waals surface area contributed by atoms with Crippen molar-refractivity contribution in [3.8, 4) is 0 Å². The number of nitrogens with one attached hydrogen (secondary N) is 2. The summed E-state index contributed by atoms with van der Waals surface area (Å²) < 4.78 is 13.3. The van der Waals surface area contributed by atoms with E-state index in [1.54, 1.807) is 0 Å². The first-order chi connectivity index (χ1) is 7.13. The number of H-pyrrole nitrogens is 1. The number of amides is 1. The van der Waals surface area contributed by atoms with Gasteiger partial charge in [-0.1, -0.05) is 6.92 Å². The Morgan fingerprint density at radius 1 is 1.80 bits per heavy atom. The third-order valence-electron chi connectivity index (χ3n) is 2.01. The number of aromatic amines is 1. The van der Waals surface area contributed by atoms with Gasteiger partial charge in [0.15, 0.2) is 5.83 Å². The lowest BCUT2D eigenvalue weighted by Crippen LogP contribution is -2.32. The molecule has 0 aliphatic rings. The molecular formula is C10H14FN3O. The summed E-state index contributed by atoms with van der Waals surface area (Å²) in [6.07, 6.45) is 4.75. The van der Waals surface area contributed by atoms with Crippen LogP contribution >= 0.6 is 0 Å². The van der Waals surface area contributed by atoms with Gasteiger partial charge in [0.1, 0.15) is 0 Å². The van der Waals surface area contributed by atoms with Crippen LogP contribution in [0, 0.1) is 0 Å². The molecule has 0 spiro atoms. The van der Waals surface area contributed by atoms with Crippen LogP contribution in [0.5, 0.6) is 0 Å². The fourth-order valence-corrected chi connectivity index (χ4v) is 0.942. The lowest BCUT2D eigenvalue weighted by molar-refractivity contribution is -0.119. The molecule has 0 aliphatic carbocycles. The van der Waals surface area contributed by atoms with Crippen LogP contribution < -0.4 is 5.32 Å². The van der Waals surface area contributed by atoms with E-state index in [1.807, 2.05) is 13.8 Å². The van der Waals surface area contributed by atoms with Gasteiger partial charge < -0.3 is 10.3 Å². The van der Waals surface area contributed by atoms with Crippen LogP contribution in [0.1, 0.15) is 26.0 Å². The zero-order valence-corrected chi connectivity index (χ0v) is 8.75. The molecule has 1 unspecified atom stereocenters. The van der Waals surface area contributed by atoms with E-state index < -0.39 is 11.7 Å². The number of hydrogen-bond acceptors (Lipinski definition) is 2. The van der Waals surface area contributed by atoms with Gasteiger partial charge in [-0.2, -0.15) is 0 Å². The number of nitrogens with zero attached hydrogens (tertiary/aromatic N) is 1. The Morgan fingerprint density at radius 3 is 3.07 bits per heavy atom. The highest BCUT2D eigenvalue weighted by atomic mass is 19.1. The molecule has 5 heteroatoms. The molecule has 4 nitrogen and oxygen atoms in total. The Balaban J connectivity index is 2.60. The van der Waals surface area contributed by atoms with Gasteiger partial charge in [-0.05, 0) is 13.3 Å². The fraction of sp³-hybridized carbons (Fsp3) is 0.400. The molecule has 0 radical (unpaired) electrons. The number of rotatable bonds is 4. The van der Waals surface area contributed by atoms with Crippen molar-refractivity contribution in [2.24, 2.45) is 0 Å². The molecule has 0 saturated heterocycles. The second-order valence-electron chi connectivity index (χ2n) is 3.28. The molecule has 82 valence electrons. The van der Waals surface area contributed by atoms with Crippen molar-refractivity contribution in [2.45, 2.75) is 26.3 Å². The molecule has 0 saturated carbocycles. The van der Waals surface area contributed by atoms with Gasteiger partial charge in [0.05, 0.1) is 18.2 Å². The van der Waals surface area contributed by atoms with E-state index in [0.29, 0.717) is 5.69 Å². The van der Waals surface area contributed by atoms with Crippen molar-refractivity contribution in [1.82, 2.24) is 15.3 Å². The Bertz CT molecular complexity index is 346. The Kier molecular flexibility index (Phi) is 4.03. The first-order valence-electron chi connectivity index (χ1n) is 4.80. The monoisotopic (exact) mass is 211 g/mol. The summed E-state index contributed by atoms with van der Waals surface area (Å²) in [5, 5.41) is 2.53. The molecule has 2 N–H and O–H groups in total. The Labute approximate surface area is 87.6 Å². The third-order valence-corrected chi connectivity index (χ3v) is 2.01. The van der Waals surface area contributed by atoms with Crippen molar-refractivity contribution in [3.63, 3.8) is 0 Å². The van der Waals surface area contributed by atoms with E-state index >= 15 is 0 Å². The van der Waals surface area contributed by atoms with Gasteiger partial charge in [-0.15, -0.1) is 0 Å². The van der Waals surface area contributed by atoms with Crippen LogP contribution in [0.25, 0.3) is 6.08 Å². The van der Waals surface area contributed by atoms with Gasteiger partial charge in [0.25, 0.3) is 5.91 Å². The van der Waals surface area contributed by atoms with Crippen LogP contribution in [0.15, 0.2) is 18.4 Å². The predicted octanol–water partition coefficient (Wildman–Crippen LogP) is 1.63. The minimum absolute atomic E-state index is 0.0292. The van der Waals surface area contributed by atoms with Crippen molar-refractivity contribution >= 4 is 12.0 Å². The van der Waals surface area contributed by atoms with Crippen LogP contribution in [0.2, 0.25) is 0 Å². The summed E-state index contributed by atoms with van der Waals surface area (Å²) in [7, 11) is 0. The van der Waals surface area contributed by atoms with Gasteiger partial charge in [-0.25, -0.2) is 9.37 Å². The maximum absolute atomic E-state index is 13.3. The van der Waals surface area contributed by atoms with E-state index in [9.17, 15) is 9.18 Å². The van der Waals surface area contributed by atoms with Crippen molar-refractivity contribution in [1.29, 1.82) is 0 Å². The molecule has 0 aliphatic heterocycles. The minimum atomic E-state index is -0.820. The average Bonchev–Trinajstić information content (AvgIpc) is 2.70. The molecule has 1 heterocycles. The topological polar surface area (TPSA) is 57.8 Å². The van der Waals surface area contributed by atoms with Gasteiger partial charge in [-0.3, -0.25) is 4.79 Å². The summed E-state index contributed by atoms with van der Waals surface area (Å²) in [4.78, 5) is 17.6. The fourth-order valence-electron chi connectivity index (χ4n) is 0.942. The Morgan fingerprint density at radius 2 is 2.53 bits per heavy atom. The van der Waals surface area contributed by atoms with E-state index in [1.165, 1.54) is 12.5 Å². The van der Waals surface area contributed by atoms with Crippen LogP contribution in [-0.2, 0) is 4.79 Å². The lowest BCUT2D eigenvalue weighted by atomic mass is 10.2. The maximum atomic E-state index is 13.3. The van der Waals surface area contributed by atoms with E-state index in [2.05, 4.69) is 15.3 Å². The van der Waals surface area contributed by atoms with E-state index in [-0.39, 0.29) is 6.04 Å². The highest BCUT2D eigenvalue weighted by molar-refractivity contribution is 5.95. The lowest BCUT2D eigenvalue weighted by Gasteiger charge is -2.09. The molecule has 0 bridgehead atoms. The number of aromatic nitrogens is 2. The highest BCUT2D eigenvalue weighted by Crippen LogP contribution is 2.05. The quantitative estimate of drug-likeness (QED) is 0.744. The SMILES string of the molecule is CCC(C)NC(=O)/C(F)=C/c1cnc[nH]1. The third kappa shape index (κ3) is 3.53. The second-order valence-corrected chi connectivity index (χ2v) is 3.28. The molecule has 1 amide bonds. The molecule has 1 rings (SSSR count). The van der Waals surface area contributed by atoms with E-state index in [0.717, 1.165) is 12.5 Å². The van der Waals surface area contributed by atoms with Crippen LogP contribution in [0.3, 0.4) is 0 Å². The summed E-state index contributed by atoms with van der Waals surface area (Å²) in [6.45, 7) is 3.74. The van der Waals surface area contributed by atoms with Gasteiger partial charge >= 0.3 is 0 Å². The van der Waals surface area contributed by atoms with E-state index in [4.69, 9.17) is 0 Å². The van der Waals surface area contributed by atoms with Gasteiger partial charge in [0.2, 0.25) is 0 Å². The largest absolute Gasteiger partial charge is 0.348 e. The molecule has 0 fully saturated rings. The molecule has 15 heavy (non-hydrogen) atoms. The number of hydrogen-bond donors (Lipinski definition) is 2. The smallest absolute Gasteiger partial charge is 0.280 e. The molecule has 0 aromatic carbocycles. The highest BCUT2D eigenvalue weighted by Gasteiger charge is 2.11. The number of halogens is 1. The minimum Gasteiger partial charge on any atom is -0.348 e. The first-order valence-corrected chi connectivity index (χ1v) is 4.80. The average molecular weight is 211 g/mol. The number of imidazole rings is 1. The van der Waals surface area contributed by atoms with Crippen LogP contribution in [0.4, 0.5) is 4.39 Å². The summed E-state index contributed by atoms with van der Waals surface area (Å²) >= 11 is 0. The number of carbonyl (C=O) groups excluding carboxylic acids is 1. The standard InChI is InChI=1S/C10H14FN3O/c1-3-7(2)14-10(15)9(11)4-8-5-12-6-13-8/h4-7H,3H2,1-2H3,(H,12,13)(H,14,15)/b9-4-. The first kappa shape index (κ1) is 11.4. The molecular weight excluding hydrogens is 197 g/mol.